The van der Waals surface area contributed by atoms with Crippen LogP contribution in [0.25, 0.3) is 0 Å². The fourth-order valence-electron chi connectivity index (χ4n) is 1.19. The largest absolute Gasteiger partial charge is 0.394 e. The fraction of sp³-hybridized carbons (Fsp3) is 0.364. The van der Waals surface area contributed by atoms with Crippen LogP contribution in [0.1, 0.15) is 23.7 Å². The van der Waals surface area contributed by atoms with E-state index in [9.17, 15) is 4.79 Å². The maximum Gasteiger partial charge on any atom is 0.252 e. The van der Waals surface area contributed by atoms with E-state index < -0.39 is 0 Å². The molecule has 1 atom stereocenters. The van der Waals surface area contributed by atoms with Crippen molar-refractivity contribution < 1.29 is 9.90 Å². The van der Waals surface area contributed by atoms with Gasteiger partial charge in [-0.15, -0.1) is 0 Å². The average molecular weight is 319 g/mol. The summed E-state index contributed by atoms with van der Waals surface area (Å²) in [6, 6.07) is 7.23. The molecule has 3 nitrogen and oxygen atoms in total. The van der Waals surface area contributed by atoms with Gasteiger partial charge in [0, 0.05) is 3.57 Å². The molecule has 1 aromatic rings. The van der Waals surface area contributed by atoms with Crippen molar-refractivity contribution in [3.63, 3.8) is 0 Å². The second kappa shape index (κ2) is 6.07. The van der Waals surface area contributed by atoms with E-state index in [1.165, 1.54) is 0 Å². The average Bonchev–Trinajstić information content (AvgIpc) is 2.26. The molecular formula is C11H14INO2. The predicted molar refractivity (Wildman–Crippen MR) is 67.8 cm³/mol. The summed E-state index contributed by atoms with van der Waals surface area (Å²) in [6.07, 6.45) is 0.728. The normalized spacial score (nSPS) is 12.2. The number of carbonyl (C=O) groups excluding carboxylic acids is 1. The Morgan fingerprint density at radius 1 is 1.53 bits per heavy atom. The number of hydrogen-bond donors (Lipinski definition) is 2. The van der Waals surface area contributed by atoms with Gasteiger partial charge in [0.25, 0.3) is 5.91 Å². The highest BCUT2D eigenvalue weighted by molar-refractivity contribution is 14.1. The van der Waals surface area contributed by atoms with E-state index in [1.807, 2.05) is 25.1 Å². The lowest BCUT2D eigenvalue weighted by atomic mass is 10.2. The number of amides is 1. The van der Waals surface area contributed by atoms with Gasteiger partial charge >= 0.3 is 0 Å². The number of aliphatic hydroxyl groups is 1. The third kappa shape index (κ3) is 3.46. The van der Waals surface area contributed by atoms with Crippen LogP contribution in [0, 0.1) is 3.57 Å². The third-order valence-electron chi connectivity index (χ3n) is 2.17. The maximum atomic E-state index is 11.8. The maximum absolute atomic E-state index is 11.8. The topological polar surface area (TPSA) is 49.3 Å². The molecule has 1 aromatic carbocycles. The molecule has 0 saturated carbocycles. The van der Waals surface area contributed by atoms with Crippen LogP contribution in [0.4, 0.5) is 0 Å². The Balaban J connectivity index is 2.73. The summed E-state index contributed by atoms with van der Waals surface area (Å²) < 4.78 is 0.917. The highest BCUT2D eigenvalue weighted by atomic mass is 127. The zero-order valence-corrected chi connectivity index (χ0v) is 10.7. The van der Waals surface area contributed by atoms with Crippen LogP contribution in [0.2, 0.25) is 0 Å². The summed E-state index contributed by atoms with van der Waals surface area (Å²) in [7, 11) is 0. The molecule has 0 aliphatic carbocycles. The molecule has 0 unspecified atom stereocenters. The van der Waals surface area contributed by atoms with Crippen molar-refractivity contribution in [2.75, 3.05) is 6.61 Å². The van der Waals surface area contributed by atoms with Gasteiger partial charge in [0.15, 0.2) is 0 Å². The van der Waals surface area contributed by atoms with Crippen LogP contribution in [-0.2, 0) is 0 Å². The molecular weight excluding hydrogens is 305 g/mol. The van der Waals surface area contributed by atoms with E-state index in [-0.39, 0.29) is 18.6 Å². The van der Waals surface area contributed by atoms with Crippen molar-refractivity contribution >= 4 is 28.5 Å². The summed E-state index contributed by atoms with van der Waals surface area (Å²) in [5.74, 6) is -0.124. The van der Waals surface area contributed by atoms with Gasteiger partial charge in [-0.3, -0.25) is 4.79 Å². The SMILES string of the molecule is CC[C@@H](CO)NC(=O)c1ccccc1I. The Hall–Kier alpha value is -0.620. The summed E-state index contributed by atoms with van der Waals surface area (Å²) in [4.78, 5) is 11.8. The first kappa shape index (κ1) is 12.4. The van der Waals surface area contributed by atoms with Crippen molar-refractivity contribution in [1.29, 1.82) is 0 Å². The standard InChI is InChI=1S/C11H14INO2/c1-2-8(7-14)13-11(15)9-5-3-4-6-10(9)12/h3-6,8,14H,2,7H2,1H3,(H,13,15)/t8-/m0/s1. The number of benzene rings is 1. The van der Waals surface area contributed by atoms with Crippen molar-refractivity contribution in [1.82, 2.24) is 5.32 Å². The molecule has 0 aliphatic heterocycles. The van der Waals surface area contributed by atoms with Crippen molar-refractivity contribution in [3.05, 3.63) is 33.4 Å². The summed E-state index contributed by atoms with van der Waals surface area (Å²) in [5.41, 5.74) is 0.657. The molecule has 0 heterocycles. The van der Waals surface area contributed by atoms with E-state index >= 15 is 0 Å². The molecule has 1 amide bonds. The quantitative estimate of drug-likeness (QED) is 0.832. The number of hydrogen-bond acceptors (Lipinski definition) is 2. The second-order valence-electron chi connectivity index (χ2n) is 3.24. The van der Waals surface area contributed by atoms with Gasteiger partial charge in [0.05, 0.1) is 18.2 Å². The molecule has 0 spiro atoms. The van der Waals surface area contributed by atoms with E-state index in [0.717, 1.165) is 9.99 Å². The molecule has 4 heteroatoms. The Kier molecular flexibility index (Phi) is 5.04. The van der Waals surface area contributed by atoms with Crippen molar-refractivity contribution in [2.45, 2.75) is 19.4 Å². The lowest BCUT2D eigenvalue weighted by Crippen LogP contribution is -2.37. The Morgan fingerprint density at radius 3 is 2.73 bits per heavy atom. The molecule has 0 bridgehead atoms. The monoisotopic (exact) mass is 319 g/mol. The first-order valence-corrected chi connectivity index (χ1v) is 5.93. The Bertz CT molecular complexity index is 337. The predicted octanol–water partition coefficient (Wildman–Crippen LogP) is 1.79. The first-order valence-electron chi connectivity index (χ1n) is 4.85. The van der Waals surface area contributed by atoms with Gasteiger partial charge in [-0.1, -0.05) is 19.1 Å². The summed E-state index contributed by atoms with van der Waals surface area (Å²) in [6.45, 7) is 1.91. The number of aliphatic hydroxyl groups excluding tert-OH is 1. The highest BCUT2D eigenvalue weighted by Crippen LogP contribution is 2.11. The Labute approximate surface area is 103 Å². The lowest BCUT2D eigenvalue weighted by molar-refractivity contribution is 0.0914. The number of carbonyl (C=O) groups is 1. The molecule has 0 radical (unpaired) electrons. The molecule has 0 fully saturated rings. The lowest BCUT2D eigenvalue weighted by Gasteiger charge is -2.14. The van der Waals surface area contributed by atoms with Gasteiger partial charge in [-0.25, -0.2) is 0 Å². The van der Waals surface area contributed by atoms with Crippen LogP contribution in [0.15, 0.2) is 24.3 Å². The second-order valence-corrected chi connectivity index (χ2v) is 4.40. The van der Waals surface area contributed by atoms with E-state index in [0.29, 0.717) is 5.56 Å². The van der Waals surface area contributed by atoms with Crippen LogP contribution < -0.4 is 5.32 Å². The summed E-state index contributed by atoms with van der Waals surface area (Å²) in [5, 5.41) is 11.8. The molecule has 0 aliphatic rings. The number of rotatable bonds is 4. The van der Waals surface area contributed by atoms with Crippen LogP contribution >= 0.6 is 22.6 Å². The Morgan fingerprint density at radius 2 is 2.20 bits per heavy atom. The van der Waals surface area contributed by atoms with Crippen LogP contribution in [-0.4, -0.2) is 23.7 Å². The molecule has 2 N–H and O–H groups in total. The highest BCUT2D eigenvalue weighted by Gasteiger charge is 2.12. The minimum absolute atomic E-state index is 0.0222. The number of halogens is 1. The van der Waals surface area contributed by atoms with Gasteiger partial charge < -0.3 is 10.4 Å². The molecule has 0 saturated heterocycles. The van der Waals surface area contributed by atoms with E-state index in [4.69, 9.17) is 5.11 Å². The smallest absolute Gasteiger partial charge is 0.252 e. The van der Waals surface area contributed by atoms with Gasteiger partial charge in [-0.05, 0) is 41.1 Å². The minimum Gasteiger partial charge on any atom is -0.394 e. The number of nitrogens with one attached hydrogen (secondary N) is 1. The zero-order chi connectivity index (χ0) is 11.3. The first-order chi connectivity index (χ1) is 7.19. The summed E-state index contributed by atoms with van der Waals surface area (Å²) >= 11 is 2.12. The molecule has 82 valence electrons. The van der Waals surface area contributed by atoms with Gasteiger partial charge in [0.1, 0.15) is 0 Å². The van der Waals surface area contributed by atoms with Crippen LogP contribution in [0.5, 0.6) is 0 Å². The van der Waals surface area contributed by atoms with Gasteiger partial charge in [-0.2, -0.15) is 0 Å². The van der Waals surface area contributed by atoms with E-state index in [1.54, 1.807) is 6.07 Å². The van der Waals surface area contributed by atoms with Crippen molar-refractivity contribution in [2.24, 2.45) is 0 Å². The molecule has 1 rings (SSSR count). The zero-order valence-electron chi connectivity index (χ0n) is 8.53. The van der Waals surface area contributed by atoms with Crippen molar-refractivity contribution in [3.8, 4) is 0 Å². The molecule has 0 aromatic heterocycles. The third-order valence-corrected chi connectivity index (χ3v) is 3.11. The molecule has 15 heavy (non-hydrogen) atoms. The van der Waals surface area contributed by atoms with Gasteiger partial charge in [0.2, 0.25) is 0 Å². The fourth-order valence-corrected chi connectivity index (χ4v) is 1.82. The van der Waals surface area contributed by atoms with Crippen LogP contribution in [0.3, 0.4) is 0 Å². The van der Waals surface area contributed by atoms with E-state index in [2.05, 4.69) is 27.9 Å². The minimum atomic E-state index is -0.159.